The van der Waals surface area contributed by atoms with Gasteiger partial charge in [-0.15, -0.1) is 0 Å². The summed E-state index contributed by atoms with van der Waals surface area (Å²) in [7, 11) is 0. The van der Waals surface area contributed by atoms with Crippen molar-refractivity contribution in [2.24, 2.45) is 11.8 Å². The van der Waals surface area contributed by atoms with Crippen LogP contribution in [0.1, 0.15) is 59.3 Å². The molecule has 2 aliphatic heterocycles. The molecular formula is C15H27NO2. The summed E-state index contributed by atoms with van der Waals surface area (Å²) in [6.07, 6.45) is 6.37. The zero-order valence-corrected chi connectivity index (χ0v) is 11.9. The smallest absolute Gasteiger partial charge is 0.303 e. The Bertz CT molecular complexity index is 291. The SMILES string of the molecule is CCC(C)C(C)N1C2CCC1CC(CC(=O)O)C2. The molecule has 2 heterocycles. The fraction of sp³-hybridized carbons (Fsp3) is 0.933. The van der Waals surface area contributed by atoms with Gasteiger partial charge in [0.15, 0.2) is 0 Å². The maximum Gasteiger partial charge on any atom is 0.303 e. The van der Waals surface area contributed by atoms with Crippen LogP contribution in [-0.4, -0.2) is 34.1 Å². The van der Waals surface area contributed by atoms with Crippen LogP contribution in [0.3, 0.4) is 0 Å². The minimum absolute atomic E-state index is 0.374. The minimum atomic E-state index is -0.622. The molecule has 0 aliphatic carbocycles. The molecule has 0 aromatic rings. The summed E-state index contributed by atoms with van der Waals surface area (Å²) in [6.45, 7) is 6.96. The van der Waals surface area contributed by atoms with E-state index >= 15 is 0 Å². The number of piperidine rings is 1. The summed E-state index contributed by atoms with van der Waals surface area (Å²) in [6, 6.07) is 1.95. The maximum absolute atomic E-state index is 10.9. The highest BCUT2D eigenvalue weighted by Gasteiger charge is 2.43. The van der Waals surface area contributed by atoms with Gasteiger partial charge in [-0.05, 0) is 44.4 Å². The van der Waals surface area contributed by atoms with Crippen LogP contribution in [0.4, 0.5) is 0 Å². The quantitative estimate of drug-likeness (QED) is 0.818. The van der Waals surface area contributed by atoms with Crippen LogP contribution in [0, 0.1) is 11.8 Å². The van der Waals surface area contributed by atoms with Crippen molar-refractivity contribution in [1.82, 2.24) is 4.90 Å². The summed E-state index contributed by atoms with van der Waals surface area (Å²) in [5.41, 5.74) is 0. The zero-order chi connectivity index (χ0) is 13.3. The Morgan fingerprint density at radius 1 is 1.28 bits per heavy atom. The van der Waals surface area contributed by atoms with Crippen molar-refractivity contribution in [3.63, 3.8) is 0 Å². The lowest BCUT2D eigenvalue weighted by Gasteiger charge is -2.44. The first kappa shape index (κ1) is 13.9. The van der Waals surface area contributed by atoms with E-state index in [1.807, 2.05) is 0 Å². The van der Waals surface area contributed by atoms with E-state index in [-0.39, 0.29) is 0 Å². The molecule has 3 heteroatoms. The number of carboxylic acids is 1. The number of hydrogen-bond acceptors (Lipinski definition) is 2. The molecule has 0 aromatic carbocycles. The largest absolute Gasteiger partial charge is 0.481 e. The summed E-state index contributed by atoms with van der Waals surface area (Å²) >= 11 is 0. The summed E-state index contributed by atoms with van der Waals surface area (Å²) in [4.78, 5) is 13.6. The van der Waals surface area contributed by atoms with Gasteiger partial charge in [0, 0.05) is 24.5 Å². The second-order valence-corrected chi connectivity index (χ2v) is 6.39. The number of fused-ring (bicyclic) bond motifs is 2. The van der Waals surface area contributed by atoms with E-state index < -0.39 is 5.97 Å². The summed E-state index contributed by atoms with van der Waals surface area (Å²) < 4.78 is 0. The van der Waals surface area contributed by atoms with Crippen LogP contribution >= 0.6 is 0 Å². The van der Waals surface area contributed by atoms with Gasteiger partial charge in [-0.2, -0.15) is 0 Å². The van der Waals surface area contributed by atoms with Crippen LogP contribution in [0.5, 0.6) is 0 Å². The van der Waals surface area contributed by atoms with Crippen molar-refractivity contribution >= 4 is 5.97 Å². The molecule has 2 rings (SSSR count). The van der Waals surface area contributed by atoms with Gasteiger partial charge in [-0.25, -0.2) is 0 Å². The first-order valence-corrected chi connectivity index (χ1v) is 7.52. The standard InChI is InChI=1S/C15H27NO2/c1-4-10(2)11(3)16-13-5-6-14(16)8-12(7-13)9-15(17)18/h10-14H,4-9H2,1-3H3,(H,17,18). The molecule has 0 saturated carbocycles. The van der Waals surface area contributed by atoms with Crippen molar-refractivity contribution in [3.8, 4) is 0 Å². The third-order valence-corrected chi connectivity index (χ3v) is 5.29. The Hall–Kier alpha value is -0.570. The van der Waals surface area contributed by atoms with E-state index in [4.69, 9.17) is 5.11 Å². The van der Waals surface area contributed by atoms with Gasteiger partial charge in [-0.3, -0.25) is 9.69 Å². The number of aliphatic carboxylic acids is 1. The van der Waals surface area contributed by atoms with Gasteiger partial charge >= 0.3 is 5.97 Å². The average molecular weight is 253 g/mol. The molecule has 3 nitrogen and oxygen atoms in total. The van der Waals surface area contributed by atoms with Gasteiger partial charge < -0.3 is 5.11 Å². The van der Waals surface area contributed by atoms with Crippen molar-refractivity contribution < 1.29 is 9.90 Å². The van der Waals surface area contributed by atoms with E-state index in [2.05, 4.69) is 25.7 Å². The lowest BCUT2D eigenvalue weighted by molar-refractivity contribution is -0.138. The van der Waals surface area contributed by atoms with Crippen LogP contribution in [0.15, 0.2) is 0 Å². The fourth-order valence-corrected chi connectivity index (χ4v) is 4.04. The Morgan fingerprint density at radius 3 is 2.28 bits per heavy atom. The van der Waals surface area contributed by atoms with Gasteiger partial charge in [0.25, 0.3) is 0 Å². The summed E-state index contributed by atoms with van der Waals surface area (Å²) in [5, 5.41) is 8.95. The van der Waals surface area contributed by atoms with E-state index in [1.165, 1.54) is 19.3 Å². The minimum Gasteiger partial charge on any atom is -0.481 e. The van der Waals surface area contributed by atoms with Crippen LogP contribution in [0.2, 0.25) is 0 Å². The van der Waals surface area contributed by atoms with Gasteiger partial charge in [0.2, 0.25) is 0 Å². The molecular weight excluding hydrogens is 226 g/mol. The van der Waals surface area contributed by atoms with E-state index in [9.17, 15) is 4.79 Å². The second-order valence-electron chi connectivity index (χ2n) is 6.39. The van der Waals surface area contributed by atoms with Gasteiger partial charge in [0.1, 0.15) is 0 Å². The lowest BCUT2D eigenvalue weighted by atomic mass is 9.85. The molecule has 0 spiro atoms. The van der Waals surface area contributed by atoms with Crippen molar-refractivity contribution in [2.75, 3.05) is 0 Å². The molecule has 0 aromatic heterocycles. The predicted molar refractivity (Wildman–Crippen MR) is 72.5 cm³/mol. The summed E-state index contributed by atoms with van der Waals surface area (Å²) in [5.74, 6) is 0.535. The van der Waals surface area contributed by atoms with Crippen molar-refractivity contribution in [1.29, 1.82) is 0 Å². The number of carbonyl (C=O) groups is 1. The van der Waals surface area contributed by atoms with Crippen LogP contribution in [-0.2, 0) is 4.79 Å². The molecule has 2 fully saturated rings. The van der Waals surface area contributed by atoms with Crippen molar-refractivity contribution in [3.05, 3.63) is 0 Å². The molecule has 4 atom stereocenters. The number of hydrogen-bond donors (Lipinski definition) is 1. The molecule has 2 aliphatic rings. The highest BCUT2D eigenvalue weighted by molar-refractivity contribution is 5.67. The molecule has 2 bridgehead atoms. The number of nitrogens with zero attached hydrogens (tertiary/aromatic N) is 1. The monoisotopic (exact) mass is 253 g/mol. The highest BCUT2D eigenvalue weighted by atomic mass is 16.4. The van der Waals surface area contributed by atoms with Gasteiger partial charge in [0.05, 0.1) is 0 Å². The Kier molecular flexibility index (Phi) is 4.31. The van der Waals surface area contributed by atoms with Crippen LogP contribution < -0.4 is 0 Å². The second kappa shape index (κ2) is 5.60. The highest BCUT2D eigenvalue weighted by Crippen LogP contribution is 2.42. The third kappa shape index (κ3) is 2.71. The first-order chi connectivity index (χ1) is 8.52. The van der Waals surface area contributed by atoms with E-state index in [0.29, 0.717) is 30.5 Å². The number of rotatable bonds is 5. The lowest BCUT2D eigenvalue weighted by Crippen LogP contribution is -2.50. The molecule has 2 saturated heterocycles. The predicted octanol–water partition coefficient (Wildman–Crippen LogP) is 3.14. The molecule has 1 N–H and O–H groups in total. The molecule has 0 amide bonds. The molecule has 18 heavy (non-hydrogen) atoms. The fourth-order valence-electron chi connectivity index (χ4n) is 4.04. The van der Waals surface area contributed by atoms with E-state index in [0.717, 1.165) is 18.8 Å². The van der Waals surface area contributed by atoms with E-state index in [1.54, 1.807) is 0 Å². The van der Waals surface area contributed by atoms with Gasteiger partial charge in [-0.1, -0.05) is 20.3 Å². The van der Waals surface area contributed by atoms with Crippen LogP contribution in [0.25, 0.3) is 0 Å². The Morgan fingerprint density at radius 2 is 1.83 bits per heavy atom. The maximum atomic E-state index is 10.9. The Labute approximate surface area is 111 Å². The molecule has 0 radical (unpaired) electrons. The first-order valence-electron chi connectivity index (χ1n) is 7.52. The topological polar surface area (TPSA) is 40.5 Å². The van der Waals surface area contributed by atoms with Crippen molar-refractivity contribution in [2.45, 2.75) is 77.4 Å². The average Bonchev–Trinajstić information content (AvgIpc) is 2.58. The normalized spacial score (nSPS) is 35.4. The molecule has 104 valence electrons. The Balaban J connectivity index is 1.99. The number of carboxylic acid groups (broad SMARTS) is 1. The third-order valence-electron chi connectivity index (χ3n) is 5.29. The molecule has 4 unspecified atom stereocenters. The zero-order valence-electron chi connectivity index (χ0n) is 11.9.